The van der Waals surface area contributed by atoms with E-state index in [0.29, 0.717) is 24.4 Å². The van der Waals surface area contributed by atoms with Crippen LogP contribution >= 0.6 is 0 Å². The minimum atomic E-state index is -0.367. The van der Waals surface area contributed by atoms with Gasteiger partial charge in [-0.2, -0.15) is 0 Å². The Bertz CT molecular complexity index is 364. The normalized spacial score (nSPS) is 14.3. The van der Waals surface area contributed by atoms with Crippen LogP contribution in [0, 0.1) is 0 Å². The van der Waals surface area contributed by atoms with E-state index in [0.717, 1.165) is 12.8 Å². The molecule has 0 fully saturated rings. The Morgan fingerprint density at radius 3 is 2.65 bits per heavy atom. The zero-order valence-electron chi connectivity index (χ0n) is 10.1. The minimum absolute atomic E-state index is 0.0334. The van der Waals surface area contributed by atoms with Gasteiger partial charge in [0.05, 0.1) is 6.61 Å². The van der Waals surface area contributed by atoms with Crippen LogP contribution in [0.1, 0.15) is 19.8 Å². The van der Waals surface area contributed by atoms with E-state index in [9.17, 15) is 9.59 Å². The van der Waals surface area contributed by atoms with E-state index in [1.54, 1.807) is 17.9 Å². The maximum atomic E-state index is 11.3. The lowest BCUT2D eigenvalue weighted by atomic mass is 10.3. The van der Waals surface area contributed by atoms with Crippen molar-refractivity contribution in [2.24, 2.45) is 0 Å². The zero-order valence-corrected chi connectivity index (χ0v) is 10.1. The van der Waals surface area contributed by atoms with Gasteiger partial charge >= 0.3 is 5.97 Å². The van der Waals surface area contributed by atoms with Crippen LogP contribution in [-0.2, 0) is 14.3 Å². The quantitative estimate of drug-likeness (QED) is 0.400. The van der Waals surface area contributed by atoms with Gasteiger partial charge in [0, 0.05) is 23.9 Å². The van der Waals surface area contributed by atoms with Gasteiger partial charge in [-0.25, -0.2) is 4.79 Å². The fourth-order valence-electron chi connectivity index (χ4n) is 1.40. The molecule has 0 aromatic heterocycles. The summed E-state index contributed by atoms with van der Waals surface area (Å²) in [7, 11) is 0. The molecule has 17 heavy (non-hydrogen) atoms. The van der Waals surface area contributed by atoms with Crippen LogP contribution in [0.5, 0.6) is 0 Å². The second kappa shape index (κ2) is 6.03. The van der Waals surface area contributed by atoms with Gasteiger partial charge in [0.2, 0.25) is 0 Å². The fraction of sp³-hybridized carbons (Fsp3) is 0.385. The number of nitrogens with zero attached hydrogens (tertiary/aromatic N) is 1. The van der Waals surface area contributed by atoms with Crippen molar-refractivity contribution in [2.75, 3.05) is 13.2 Å². The lowest BCUT2D eigenvalue weighted by molar-refractivity contribution is -0.139. The Kier molecular flexibility index (Phi) is 4.69. The third-order valence-electron chi connectivity index (χ3n) is 2.39. The minimum Gasteiger partial charge on any atom is -0.462 e. The third-order valence-corrected chi connectivity index (χ3v) is 2.39. The molecule has 0 aromatic rings. The zero-order chi connectivity index (χ0) is 12.8. The number of amides is 1. The predicted molar refractivity (Wildman–Crippen MR) is 65.0 cm³/mol. The Morgan fingerprint density at radius 1 is 1.41 bits per heavy atom. The lowest BCUT2D eigenvalue weighted by Crippen LogP contribution is -2.24. The van der Waals surface area contributed by atoms with Crippen LogP contribution in [0.15, 0.2) is 36.6 Å². The number of esters is 1. The number of ether oxygens (including phenoxy) is 1. The Balaban J connectivity index is 2.13. The lowest BCUT2D eigenvalue weighted by Gasteiger charge is -2.16. The maximum Gasteiger partial charge on any atom is 0.333 e. The first kappa shape index (κ1) is 13.2. The molecule has 0 radical (unpaired) electrons. The van der Waals surface area contributed by atoms with Gasteiger partial charge in [0.25, 0.3) is 5.91 Å². The molecule has 0 atom stereocenters. The molecular weight excluding hydrogens is 218 g/mol. The van der Waals surface area contributed by atoms with Crippen LogP contribution in [0.25, 0.3) is 0 Å². The summed E-state index contributed by atoms with van der Waals surface area (Å²) in [4.78, 5) is 24.0. The van der Waals surface area contributed by atoms with Crippen molar-refractivity contribution in [3.05, 3.63) is 36.6 Å². The molecule has 0 saturated heterocycles. The number of allylic oxidation sites excluding steroid dienone is 1. The smallest absolute Gasteiger partial charge is 0.333 e. The molecule has 1 rings (SSSR count). The first-order chi connectivity index (χ1) is 8.02. The van der Waals surface area contributed by atoms with Gasteiger partial charge in [-0.05, 0) is 25.8 Å². The summed E-state index contributed by atoms with van der Waals surface area (Å²) in [6.45, 7) is 9.82. The number of hydrogen-bond acceptors (Lipinski definition) is 3. The van der Waals surface area contributed by atoms with Gasteiger partial charge in [-0.15, -0.1) is 0 Å². The van der Waals surface area contributed by atoms with E-state index < -0.39 is 0 Å². The van der Waals surface area contributed by atoms with Gasteiger partial charge < -0.3 is 9.64 Å². The van der Waals surface area contributed by atoms with E-state index in [4.69, 9.17) is 4.74 Å². The average Bonchev–Trinajstić information content (AvgIpc) is 2.59. The molecule has 1 aliphatic heterocycles. The molecule has 0 N–H and O–H groups in total. The Morgan fingerprint density at radius 2 is 2.12 bits per heavy atom. The third kappa shape index (κ3) is 3.90. The summed E-state index contributed by atoms with van der Waals surface area (Å²) < 4.78 is 4.94. The van der Waals surface area contributed by atoms with E-state index >= 15 is 0 Å². The largest absolute Gasteiger partial charge is 0.462 e. The van der Waals surface area contributed by atoms with Crippen molar-refractivity contribution in [3.8, 4) is 0 Å². The van der Waals surface area contributed by atoms with E-state index in [1.165, 1.54) is 6.08 Å². The first-order valence-electron chi connectivity index (χ1n) is 5.53. The molecule has 4 nitrogen and oxygen atoms in total. The monoisotopic (exact) mass is 235 g/mol. The summed E-state index contributed by atoms with van der Waals surface area (Å²) in [5.41, 5.74) is 1.12. The van der Waals surface area contributed by atoms with Crippen molar-refractivity contribution in [2.45, 2.75) is 19.8 Å². The van der Waals surface area contributed by atoms with Crippen molar-refractivity contribution in [3.63, 3.8) is 0 Å². The van der Waals surface area contributed by atoms with Crippen LogP contribution in [0.2, 0.25) is 0 Å². The highest BCUT2D eigenvalue weighted by atomic mass is 16.5. The van der Waals surface area contributed by atoms with Crippen LogP contribution in [-0.4, -0.2) is 29.9 Å². The second-order valence-electron chi connectivity index (χ2n) is 3.94. The van der Waals surface area contributed by atoms with Gasteiger partial charge in [-0.1, -0.05) is 13.2 Å². The molecule has 0 bridgehead atoms. The molecule has 1 aliphatic rings. The summed E-state index contributed by atoms with van der Waals surface area (Å²) in [6.07, 6.45) is 4.69. The maximum absolute atomic E-state index is 11.3. The summed E-state index contributed by atoms with van der Waals surface area (Å²) in [5, 5.41) is 0. The average molecular weight is 235 g/mol. The topological polar surface area (TPSA) is 46.6 Å². The Hall–Kier alpha value is -1.84. The standard InChI is InChI=1S/C13H17NO3/c1-10(2)13(16)17-9-5-4-8-14-11(3)6-7-12(14)15/h6-7H,1,3-5,8-9H2,2H3. The molecule has 1 amide bonds. The number of rotatable bonds is 6. The van der Waals surface area contributed by atoms with Crippen LogP contribution < -0.4 is 0 Å². The highest BCUT2D eigenvalue weighted by Crippen LogP contribution is 2.13. The van der Waals surface area contributed by atoms with Crippen molar-refractivity contribution >= 4 is 11.9 Å². The van der Waals surface area contributed by atoms with Crippen molar-refractivity contribution < 1.29 is 14.3 Å². The molecule has 0 unspecified atom stereocenters. The highest BCUT2D eigenvalue weighted by molar-refractivity contribution is 5.92. The van der Waals surface area contributed by atoms with Crippen molar-refractivity contribution in [1.29, 1.82) is 0 Å². The predicted octanol–water partition coefficient (Wildman–Crippen LogP) is 1.80. The Labute approximate surface area is 101 Å². The number of hydrogen-bond donors (Lipinski definition) is 0. The van der Waals surface area contributed by atoms with E-state index in [-0.39, 0.29) is 11.9 Å². The molecule has 0 aromatic carbocycles. The van der Waals surface area contributed by atoms with E-state index in [2.05, 4.69) is 13.2 Å². The van der Waals surface area contributed by atoms with Crippen LogP contribution in [0.3, 0.4) is 0 Å². The second-order valence-corrected chi connectivity index (χ2v) is 3.94. The molecule has 0 spiro atoms. The highest BCUT2D eigenvalue weighted by Gasteiger charge is 2.17. The molecular formula is C13H17NO3. The number of carbonyl (C=O) groups excluding carboxylic acids is 2. The molecule has 0 aliphatic carbocycles. The molecule has 4 heteroatoms. The SMILES string of the molecule is C=C(C)C(=O)OCCCCN1C(=C)C=CC1=O. The van der Waals surface area contributed by atoms with E-state index in [1.807, 2.05) is 0 Å². The first-order valence-corrected chi connectivity index (χ1v) is 5.53. The molecule has 1 heterocycles. The number of carbonyl (C=O) groups is 2. The molecule has 0 saturated carbocycles. The van der Waals surface area contributed by atoms with Crippen molar-refractivity contribution in [1.82, 2.24) is 4.90 Å². The van der Waals surface area contributed by atoms with Gasteiger partial charge in [-0.3, -0.25) is 4.79 Å². The van der Waals surface area contributed by atoms with Gasteiger partial charge in [0.1, 0.15) is 0 Å². The fourth-order valence-corrected chi connectivity index (χ4v) is 1.40. The summed E-state index contributed by atoms with van der Waals surface area (Å²) >= 11 is 0. The van der Waals surface area contributed by atoms with Crippen LogP contribution in [0.4, 0.5) is 0 Å². The molecule has 92 valence electrons. The number of unbranched alkanes of at least 4 members (excludes halogenated alkanes) is 1. The summed E-state index contributed by atoms with van der Waals surface area (Å²) in [5.74, 6) is -0.401. The summed E-state index contributed by atoms with van der Waals surface area (Å²) in [6, 6.07) is 0. The van der Waals surface area contributed by atoms with Gasteiger partial charge in [0.15, 0.2) is 0 Å².